The summed E-state index contributed by atoms with van der Waals surface area (Å²) in [6.07, 6.45) is 1.14. The molecule has 0 bridgehead atoms. The molecule has 0 saturated heterocycles. The van der Waals surface area contributed by atoms with E-state index in [4.69, 9.17) is 4.74 Å². The maximum Gasteiger partial charge on any atom is 0.315 e. The van der Waals surface area contributed by atoms with E-state index < -0.39 is 17.8 Å². The van der Waals surface area contributed by atoms with Crippen LogP contribution >= 0.6 is 0 Å². The molecule has 1 aliphatic carbocycles. The molecule has 1 unspecified atom stereocenters. The van der Waals surface area contributed by atoms with Gasteiger partial charge in [0.2, 0.25) is 0 Å². The summed E-state index contributed by atoms with van der Waals surface area (Å²) in [5.74, 6) is -1.27. The number of rotatable bonds is 2. The largest absolute Gasteiger partial charge is 0.508 e. The highest BCUT2D eigenvalue weighted by Gasteiger charge is 2.45. The highest BCUT2D eigenvalue weighted by molar-refractivity contribution is 6.09. The second kappa shape index (κ2) is 6.14. The van der Waals surface area contributed by atoms with E-state index in [0.29, 0.717) is 24.1 Å². The molecule has 2 aliphatic rings. The Kier molecular flexibility index (Phi) is 4.27. The summed E-state index contributed by atoms with van der Waals surface area (Å²) < 4.78 is 4.99. The van der Waals surface area contributed by atoms with Crippen molar-refractivity contribution in [1.29, 1.82) is 0 Å². The summed E-state index contributed by atoms with van der Waals surface area (Å²) in [5, 5.41) is 9.59. The number of benzene rings is 1. The van der Waals surface area contributed by atoms with Gasteiger partial charge in [0, 0.05) is 29.3 Å². The Morgan fingerprint density at radius 3 is 2.48 bits per heavy atom. The molecule has 5 nitrogen and oxygen atoms in total. The molecule has 0 fully saturated rings. The summed E-state index contributed by atoms with van der Waals surface area (Å²) in [6, 6.07) is 6.66. The number of Topliss-reactive ketones (excluding diaryl/α,β-unsaturated/α-hetero) is 1. The van der Waals surface area contributed by atoms with Gasteiger partial charge in [0.15, 0.2) is 5.78 Å². The van der Waals surface area contributed by atoms with Crippen molar-refractivity contribution in [2.24, 2.45) is 16.3 Å². The van der Waals surface area contributed by atoms with Gasteiger partial charge in [-0.2, -0.15) is 0 Å². The number of carbonyl (C=O) groups is 2. The van der Waals surface area contributed by atoms with E-state index in [1.807, 2.05) is 6.92 Å². The molecule has 1 aromatic rings. The van der Waals surface area contributed by atoms with Gasteiger partial charge < -0.3 is 9.84 Å². The van der Waals surface area contributed by atoms with Crippen molar-refractivity contribution in [3.8, 4) is 5.75 Å². The van der Waals surface area contributed by atoms with Crippen LogP contribution in [-0.4, -0.2) is 29.7 Å². The van der Waals surface area contributed by atoms with Gasteiger partial charge in [-0.3, -0.25) is 14.6 Å². The van der Waals surface area contributed by atoms with Gasteiger partial charge in [-0.05, 0) is 36.5 Å². The van der Waals surface area contributed by atoms with Crippen LogP contribution in [0.3, 0.4) is 0 Å². The molecule has 3 rings (SSSR count). The number of allylic oxidation sites excluding steroid dienone is 2. The Hall–Kier alpha value is -2.43. The lowest BCUT2D eigenvalue weighted by atomic mass is 9.67. The molecule has 1 heterocycles. The lowest BCUT2D eigenvalue weighted by Crippen LogP contribution is -2.39. The number of hydrogen-bond donors (Lipinski definition) is 1. The second-order valence-electron chi connectivity index (χ2n) is 7.62. The van der Waals surface area contributed by atoms with Crippen LogP contribution in [0, 0.1) is 11.3 Å². The van der Waals surface area contributed by atoms with Crippen LogP contribution < -0.4 is 0 Å². The number of nitrogens with zero attached hydrogens (tertiary/aromatic N) is 1. The Morgan fingerprint density at radius 2 is 1.88 bits per heavy atom. The predicted molar refractivity (Wildman–Crippen MR) is 94.5 cm³/mol. The molecule has 1 aromatic carbocycles. The van der Waals surface area contributed by atoms with Crippen LogP contribution in [0.15, 0.2) is 40.5 Å². The molecule has 0 spiro atoms. The number of aliphatic imine (C=N–C) groups is 1. The molecule has 25 heavy (non-hydrogen) atoms. The van der Waals surface area contributed by atoms with Crippen molar-refractivity contribution in [2.45, 2.75) is 39.5 Å². The molecule has 0 radical (unpaired) electrons. The zero-order valence-corrected chi connectivity index (χ0v) is 15.0. The van der Waals surface area contributed by atoms with Gasteiger partial charge in [0.25, 0.3) is 0 Å². The van der Waals surface area contributed by atoms with Gasteiger partial charge >= 0.3 is 5.97 Å². The van der Waals surface area contributed by atoms with Gasteiger partial charge in [-0.15, -0.1) is 0 Å². The Morgan fingerprint density at radius 1 is 1.24 bits per heavy atom. The van der Waals surface area contributed by atoms with Crippen LogP contribution in [0.1, 0.15) is 45.1 Å². The topological polar surface area (TPSA) is 76.0 Å². The van der Waals surface area contributed by atoms with Crippen LogP contribution in [0.25, 0.3) is 0 Å². The molecular weight excluding hydrogens is 318 g/mol. The fourth-order valence-corrected chi connectivity index (χ4v) is 3.92. The summed E-state index contributed by atoms with van der Waals surface area (Å²) in [4.78, 5) is 30.0. The first kappa shape index (κ1) is 17.4. The summed E-state index contributed by atoms with van der Waals surface area (Å²) in [5.41, 5.74) is 2.72. The van der Waals surface area contributed by atoms with Crippen LogP contribution in [-0.2, 0) is 14.3 Å². The van der Waals surface area contributed by atoms with Gasteiger partial charge in [-0.1, -0.05) is 26.0 Å². The molecule has 132 valence electrons. The monoisotopic (exact) mass is 341 g/mol. The molecule has 0 aromatic heterocycles. The third kappa shape index (κ3) is 3.11. The average Bonchev–Trinajstić information content (AvgIpc) is 2.52. The van der Waals surface area contributed by atoms with Crippen molar-refractivity contribution < 1.29 is 19.4 Å². The zero-order valence-electron chi connectivity index (χ0n) is 15.0. The van der Waals surface area contributed by atoms with Crippen LogP contribution in [0.2, 0.25) is 0 Å². The molecule has 1 aliphatic heterocycles. The predicted octanol–water partition coefficient (Wildman–Crippen LogP) is 3.38. The fraction of sp³-hybridized carbons (Fsp3) is 0.450. The minimum atomic E-state index is -0.626. The van der Waals surface area contributed by atoms with Crippen LogP contribution in [0.5, 0.6) is 5.75 Å². The number of phenolic OH excluding ortho intramolecular Hbond substituents is 1. The highest BCUT2D eigenvalue weighted by atomic mass is 16.5. The molecule has 1 N–H and O–H groups in total. The van der Waals surface area contributed by atoms with E-state index in [1.165, 1.54) is 7.11 Å². The Balaban J connectivity index is 2.18. The minimum absolute atomic E-state index is 0.0366. The van der Waals surface area contributed by atoms with Crippen molar-refractivity contribution in [2.75, 3.05) is 7.11 Å². The standard InChI is InChI=1S/C20H23NO4/c1-11-16(19(24)25-4)17(12-5-7-13(22)8-6-12)18-14(21-11)9-20(2,3)10-15(18)23/h5-8,16-17,22H,9-10H2,1-4H3/t16?,17-/m0/s1. The summed E-state index contributed by atoms with van der Waals surface area (Å²) in [6.45, 7) is 5.92. The van der Waals surface area contributed by atoms with E-state index in [1.54, 1.807) is 24.3 Å². The van der Waals surface area contributed by atoms with E-state index in [2.05, 4.69) is 18.8 Å². The van der Waals surface area contributed by atoms with Gasteiger partial charge in [-0.25, -0.2) is 0 Å². The number of hydrogen-bond acceptors (Lipinski definition) is 5. The average molecular weight is 341 g/mol. The number of carbonyl (C=O) groups excluding carboxylic acids is 2. The van der Waals surface area contributed by atoms with E-state index in [-0.39, 0.29) is 16.9 Å². The Labute approximate surface area is 147 Å². The number of ether oxygens (including phenoxy) is 1. The van der Waals surface area contributed by atoms with Crippen LogP contribution in [0.4, 0.5) is 0 Å². The van der Waals surface area contributed by atoms with E-state index >= 15 is 0 Å². The van der Waals surface area contributed by atoms with Crippen molar-refractivity contribution in [1.82, 2.24) is 0 Å². The summed E-state index contributed by atoms with van der Waals surface area (Å²) >= 11 is 0. The second-order valence-corrected chi connectivity index (χ2v) is 7.62. The van der Waals surface area contributed by atoms with Crippen molar-refractivity contribution in [3.05, 3.63) is 41.1 Å². The third-order valence-corrected chi connectivity index (χ3v) is 5.01. The van der Waals surface area contributed by atoms with E-state index in [0.717, 1.165) is 11.3 Å². The molecule has 0 amide bonds. The molecular formula is C20H23NO4. The quantitative estimate of drug-likeness (QED) is 0.837. The number of ketones is 1. The fourth-order valence-electron chi connectivity index (χ4n) is 3.92. The maximum absolute atomic E-state index is 12.9. The first-order valence-electron chi connectivity index (χ1n) is 8.42. The maximum atomic E-state index is 12.9. The number of methoxy groups -OCH3 is 1. The first-order valence-corrected chi connectivity index (χ1v) is 8.42. The normalized spacial score (nSPS) is 25.3. The van der Waals surface area contributed by atoms with Gasteiger partial charge in [0.1, 0.15) is 11.7 Å². The molecule has 0 saturated carbocycles. The Bertz CT molecular complexity index is 786. The smallest absolute Gasteiger partial charge is 0.315 e. The van der Waals surface area contributed by atoms with Gasteiger partial charge in [0.05, 0.1) is 7.11 Å². The number of aromatic hydroxyl groups is 1. The summed E-state index contributed by atoms with van der Waals surface area (Å²) in [7, 11) is 1.35. The third-order valence-electron chi connectivity index (χ3n) is 5.01. The minimum Gasteiger partial charge on any atom is -0.508 e. The number of phenols is 1. The lowest BCUT2D eigenvalue weighted by Gasteiger charge is -2.38. The lowest BCUT2D eigenvalue weighted by molar-refractivity contribution is -0.143. The van der Waals surface area contributed by atoms with E-state index in [9.17, 15) is 14.7 Å². The first-order chi connectivity index (χ1) is 11.7. The number of esters is 1. The van der Waals surface area contributed by atoms with Crippen molar-refractivity contribution in [3.63, 3.8) is 0 Å². The molecule has 5 heteroatoms. The highest BCUT2D eigenvalue weighted by Crippen LogP contribution is 2.47. The molecule has 2 atom stereocenters. The zero-order chi connectivity index (χ0) is 18.4. The van der Waals surface area contributed by atoms with Crippen molar-refractivity contribution >= 4 is 17.5 Å². The SMILES string of the molecule is COC(=O)C1C(C)=NC2=C(C(=O)CC(C)(C)C2)[C@H]1c1ccc(O)cc1.